The molecular formula is C42H30N4O4. The third-order valence-electron chi connectivity index (χ3n) is 8.50. The number of carbonyl (C=O) groups excluding carboxylic acids is 1. The smallest absolute Gasteiger partial charge is 0.338 e. The van der Waals surface area contributed by atoms with Gasteiger partial charge in [-0.15, -0.1) is 0 Å². The molecule has 8 aromatic rings. The summed E-state index contributed by atoms with van der Waals surface area (Å²) in [4.78, 5) is 31.4. The van der Waals surface area contributed by atoms with Gasteiger partial charge in [0.25, 0.3) is 5.56 Å². The molecule has 8 nitrogen and oxygen atoms in total. The predicted octanol–water partition coefficient (Wildman–Crippen LogP) is 8.99. The lowest BCUT2D eigenvalue weighted by Crippen LogP contribution is -2.20. The Balaban J connectivity index is 1.36. The number of fused-ring (bicyclic) bond motifs is 2. The monoisotopic (exact) mass is 654 g/mol. The molecule has 0 aliphatic carbocycles. The van der Waals surface area contributed by atoms with E-state index in [-0.39, 0.29) is 11.5 Å². The maximum absolute atomic E-state index is 14.1. The molecule has 0 aliphatic rings. The third-order valence-corrected chi connectivity index (χ3v) is 8.50. The molecule has 0 unspecified atom stereocenters. The number of hydrogen-bond donors (Lipinski definition) is 0. The lowest BCUT2D eigenvalue weighted by Gasteiger charge is -2.15. The van der Waals surface area contributed by atoms with Crippen LogP contribution < -0.4 is 5.56 Å². The first-order chi connectivity index (χ1) is 24.6. The second-order valence-corrected chi connectivity index (χ2v) is 11.6. The van der Waals surface area contributed by atoms with Crippen molar-refractivity contribution in [3.63, 3.8) is 0 Å². The van der Waals surface area contributed by atoms with E-state index in [9.17, 15) is 9.59 Å². The highest BCUT2D eigenvalue weighted by Gasteiger charge is 2.21. The van der Waals surface area contributed by atoms with Crippen LogP contribution in [0, 0.1) is 0 Å². The zero-order valence-corrected chi connectivity index (χ0v) is 27.1. The molecule has 0 N–H and O–H groups in total. The quantitative estimate of drug-likeness (QED) is 0.120. The maximum Gasteiger partial charge on any atom is 0.338 e. The zero-order chi connectivity index (χ0) is 34.0. The molecular weight excluding hydrogens is 624 g/mol. The van der Waals surface area contributed by atoms with Crippen LogP contribution in [0.25, 0.3) is 61.7 Å². The summed E-state index contributed by atoms with van der Waals surface area (Å²) in [5.41, 5.74) is 6.65. The van der Waals surface area contributed by atoms with Crippen LogP contribution in [-0.2, 0) is 4.74 Å². The standard InChI is InChI=1S/C42H30N4O4/c1-2-49-42(48)30-21-23-33(24-22-30)45-36(28-13-5-3-6-14-28)25-32(39(45)29-15-7-4-8-16-29)27-43-46-40(38-26-31-17-9-12-20-37(31)50-38)44-35-19-11-10-18-34(35)41(46)47/h3-27H,2H2,1H3. The third kappa shape index (κ3) is 5.58. The molecule has 0 saturated carbocycles. The average Bonchev–Trinajstić information content (AvgIpc) is 3.78. The molecule has 0 amide bonds. The number of carbonyl (C=O) groups is 1. The zero-order valence-electron chi connectivity index (χ0n) is 27.1. The first kappa shape index (κ1) is 30.5. The Bertz CT molecular complexity index is 2550. The van der Waals surface area contributed by atoms with Gasteiger partial charge < -0.3 is 13.7 Å². The summed E-state index contributed by atoms with van der Waals surface area (Å²) < 4.78 is 14.9. The lowest BCUT2D eigenvalue weighted by atomic mass is 10.1. The molecule has 0 fully saturated rings. The minimum atomic E-state index is -0.374. The molecule has 242 valence electrons. The fourth-order valence-corrected chi connectivity index (χ4v) is 6.17. The van der Waals surface area contributed by atoms with Gasteiger partial charge in [-0.2, -0.15) is 9.78 Å². The Labute approximate surface area is 287 Å². The van der Waals surface area contributed by atoms with Crippen LogP contribution in [0.15, 0.2) is 160 Å². The van der Waals surface area contributed by atoms with Crippen LogP contribution >= 0.6 is 0 Å². The highest BCUT2D eigenvalue weighted by atomic mass is 16.5. The Kier molecular flexibility index (Phi) is 7.94. The van der Waals surface area contributed by atoms with Gasteiger partial charge in [0.15, 0.2) is 5.76 Å². The van der Waals surface area contributed by atoms with Crippen molar-refractivity contribution in [1.82, 2.24) is 14.2 Å². The summed E-state index contributed by atoms with van der Waals surface area (Å²) in [6.45, 7) is 2.08. The van der Waals surface area contributed by atoms with E-state index in [1.165, 1.54) is 4.68 Å². The first-order valence-electron chi connectivity index (χ1n) is 16.3. The van der Waals surface area contributed by atoms with Gasteiger partial charge in [0.2, 0.25) is 5.82 Å². The van der Waals surface area contributed by atoms with E-state index in [0.717, 1.165) is 39.2 Å². The maximum atomic E-state index is 14.1. The topological polar surface area (TPSA) is 91.6 Å². The molecule has 50 heavy (non-hydrogen) atoms. The number of rotatable bonds is 8. The lowest BCUT2D eigenvalue weighted by molar-refractivity contribution is 0.0526. The minimum Gasteiger partial charge on any atom is -0.462 e. The average molecular weight is 655 g/mol. The Morgan fingerprint density at radius 3 is 2.22 bits per heavy atom. The van der Waals surface area contributed by atoms with Crippen molar-refractivity contribution < 1.29 is 13.9 Å². The van der Waals surface area contributed by atoms with E-state index in [2.05, 4.69) is 10.6 Å². The number of ether oxygens (including phenoxy) is 1. The first-order valence-corrected chi connectivity index (χ1v) is 16.3. The van der Waals surface area contributed by atoms with Crippen molar-refractivity contribution in [1.29, 1.82) is 0 Å². The van der Waals surface area contributed by atoms with Gasteiger partial charge in [0, 0.05) is 16.6 Å². The molecule has 8 heteroatoms. The molecule has 8 rings (SSSR count). The second-order valence-electron chi connectivity index (χ2n) is 11.6. The van der Waals surface area contributed by atoms with Crippen LogP contribution in [-0.4, -0.2) is 33.0 Å². The molecule has 3 aromatic heterocycles. The van der Waals surface area contributed by atoms with Crippen molar-refractivity contribution in [3.05, 3.63) is 167 Å². The Hall–Kier alpha value is -6.80. The van der Waals surface area contributed by atoms with E-state index in [4.69, 9.17) is 19.2 Å². The summed E-state index contributed by atoms with van der Waals surface area (Å²) in [5.74, 6) is 0.346. The Morgan fingerprint density at radius 2 is 1.48 bits per heavy atom. The van der Waals surface area contributed by atoms with E-state index in [1.54, 1.807) is 31.3 Å². The summed E-state index contributed by atoms with van der Waals surface area (Å²) in [7, 11) is 0. The predicted molar refractivity (Wildman–Crippen MR) is 197 cm³/mol. The molecule has 5 aromatic carbocycles. The molecule has 0 bridgehead atoms. The Morgan fingerprint density at radius 1 is 0.800 bits per heavy atom. The van der Waals surface area contributed by atoms with Crippen LogP contribution in [0.5, 0.6) is 0 Å². The molecule has 0 aliphatic heterocycles. The summed E-state index contributed by atoms with van der Waals surface area (Å²) >= 11 is 0. The fraction of sp³-hybridized carbons (Fsp3) is 0.0476. The number of para-hydroxylation sites is 2. The van der Waals surface area contributed by atoms with Gasteiger partial charge in [-0.05, 0) is 72.6 Å². The normalized spacial score (nSPS) is 11.5. The van der Waals surface area contributed by atoms with E-state index >= 15 is 0 Å². The highest BCUT2D eigenvalue weighted by molar-refractivity contribution is 5.94. The molecule has 0 spiro atoms. The number of furan rings is 1. The summed E-state index contributed by atoms with van der Waals surface area (Å²) in [6.07, 6.45) is 1.70. The van der Waals surface area contributed by atoms with Gasteiger partial charge in [-0.3, -0.25) is 4.79 Å². The van der Waals surface area contributed by atoms with Gasteiger partial charge in [0.05, 0.1) is 40.7 Å². The van der Waals surface area contributed by atoms with Crippen molar-refractivity contribution in [2.45, 2.75) is 6.92 Å². The van der Waals surface area contributed by atoms with Crippen molar-refractivity contribution >= 4 is 34.1 Å². The van der Waals surface area contributed by atoms with Gasteiger partial charge in [-0.1, -0.05) is 91.0 Å². The van der Waals surface area contributed by atoms with Crippen molar-refractivity contribution in [3.8, 4) is 39.8 Å². The van der Waals surface area contributed by atoms with Crippen LogP contribution in [0.2, 0.25) is 0 Å². The largest absolute Gasteiger partial charge is 0.462 e. The SMILES string of the molecule is CCOC(=O)c1ccc(-n2c(-c3ccccc3)cc(C=Nn3c(-c4cc5ccccc5o4)nc4ccccc4c3=O)c2-c2ccccc2)cc1. The summed E-state index contributed by atoms with van der Waals surface area (Å²) in [5, 5.41) is 6.18. The number of nitrogens with zero attached hydrogens (tertiary/aromatic N) is 4. The fourth-order valence-electron chi connectivity index (χ4n) is 6.17. The molecule has 3 heterocycles. The molecule has 0 atom stereocenters. The van der Waals surface area contributed by atoms with Gasteiger partial charge >= 0.3 is 5.97 Å². The van der Waals surface area contributed by atoms with E-state index in [1.807, 2.05) is 121 Å². The van der Waals surface area contributed by atoms with Crippen LogP contribution in [0.1, 0.15) is 22.8 Å². The van der Waals surface area contributed by atoms with E-state index < -0.39 is 0 Å². The van der Waals surface area contributed by atoms with Gasteiger partial charge in [-0.25, -0.2) is 9.78 Å². The second kappa shape index (κ2) is 13.0. The number of benzene rings is 5. The molecule has 0 saturated heterocycles. The van der Waals surface area contributed by atoms with Crippen LogP contribution in [0.3, 0.4) is 0 Å². The number of aromatic nitrogens is 3. The highest BCUT2D eigenvalue weighted by Crippen LogP contribution is 2.36. The van der Waals surface area contributed by atoms with Crippen LogP contribution in [0.4, 0.5) is 0 Å². The number of hydrogen-bond acceptors (Lipinski definition) is 6. The van der Waals surface area contributed by atoms with E-state index in [0.29, 0.717) is 40.2 Å². The minimum absolute atomic E-state index is 0.291. The summed E-state index contributed by atoms with van der Waals surface area (Å²) in [6, 6.07) is 46.2. The van der Waals surface area contributed by atoms with Crippen molar-refractivity contribution in [2.75, 3.05) is 6.61 Å². The van der Waals surface area contributed by atoms with Gasteiger partial charge in [0.1, 0.15) is 5.58 Å². The molecule has 0 radical (unpaired) electrons. The van der Waals surface area contributed by atoms with Crippen molar-refractivity contribution in [2.24, 2.45) is 5.10 Å². The number of esters is 1.